The van der Waals surface area contributed by atoms with Gasteiger partial charge in [0.05, 0.1) is 25.6 Å². The fraction of sp³-hybridized carbons (Fsp3) is 0.556. The topological polar surface area (TPSA) is 137 Å². The maximum absolute atomic E-state index is 14.5. The molecule has 12 heteroatoms. The molecule has 0 aliphatic heterocycles. The van der Waals surface area contributed by atoms with Crippen LogP contribution in [-0.2, 0) is 31.9 Å². The summed E-state index contributed by atoms with van der Waals surface area (Å²) in [6.07, 6.45) is 3.26. The summed E-state index contributed by atoms with van der Waals surface area (Å²) in [5.74, 6) is 0.264. The second-order valence-electron chi connectivity index (χ2n) is 10.7. The molecule has 0 fully saturated rings. The fourth-order valence-corrected chi connectivity index (χ4v) is 6.30. The first kappa shape index (κ1) is 30.7. The van der Waals surface area contributed by atoms with E-state index in [9.17, 15) is 9.36 Å². The lowest BCUT2D eigenvalue weighted by Gasteiger charge is -2.35. The van der Waals surface area contributed by atoms with Crippen LogP contribution in [0, 0.1) is 0 Å². The highest BCUT2D eigenvalue weighted by Crippen LogP contribution is 2.47. The van der Waals surface area contributed by atoms with E-state index in [1.807, 2.05) is 30.5 Å². The highest BCUT2D eigenvalue weighted by atomic mass is 31.2. The van der Waals surface area contributed by atoms with Gasteiger partial charge in [0, 0.05) is 6.54 Å². The monoisotopic (exact) mass is 559 g/mol. The van der Waals surface area contributed by atoms with Crippen molar-refractivity contribution in [2.45, 2.75) is 78.6 Å². The van der Waals surface area contributed by atoms with Gasteiger partial charge in [0.25, 0.3) is 0 Å². The number of hydrogen-bond acceptors (Lipinski definition) is 8. The van der Waals surface area contributed by atoms with Gasteiger partial charge < -0.3 is 19.8 Å². The van der Waals surface area contributed by atoms with E-state index in [0.717, 1.165) is 5.56 Å². The lowest BCUT2D eigenvalue weighted by molar-refractivity contribution is -0.149. The average Bonchev–Trinajstić information content (AvgIpc) is 3.30. The Morgan fingerprint density at radius 2 is 1.87 bits per heavy atom. The van der Waals surface area contributed by atoms with Crippen LogP contribution >= 0.6 is 7.44 Å². The first-order chi connectivity index (χ1) is 18.4. The van der Waals surface area contributed by atoms with Crippen LogP contribution in [0.1, 0.15) is 65.0 Å². The fourth-order valence-electron chi connectivity index (χ4n) is 4.05. The molecule has 2 atom stereocenters. The summed E-state index contributed by atoms with van der Waals surface area (Å²) < 4.78 is 29.5. The molecular weight excluding hydrogens is 517 g/mol. The van der Waals surface area contributed by atoms with E-state index in [0.29, 0.717) is 49.0 Å². The SMILES string of the molecule is CCCOC(=O)C(C)(C)NP(=O)(CO[C@@H](C)Cn1cnc2c(N)ncnc21)N(C)Cc1ccc(C(C)C)cc1. The van der Waals surface area contributed by atoms with Crippen molar-refractivity contribution in [3.63, 3.8) is 0 Å². The smallest absolute Gasteiger partial charge is 0.326 e. The van der Waals surface area contributed by atoms with Gasteiger partial charge in [-0.1, -0.05) is 45.0 Å². The third-order valence-electron chi connectivity index (χ3n) is 6.43. The van der Waals surface area contributed by atoms with E-state index in [1.165, 1.54) is 11.9 Å². The maximum atomic E-state index is 14.5. The van der Waals surface area contributed by atoms with Gasteiger partial charge in [-0.25, -0.2) is 24.7 Å². The number of hydrogen-bond donors (Lipinski definition) is 2. The number of fused-ring (bicyclic) bond motifs is 1. The summed E-state index contributed by atoms with van der Waals surface area (Å²) in [7, 11) is -1.65. The van der Waals surface area contributed by atoms with Crippen LogP contribution in [0.25, 0.3) is 11.2 Å². The third kappa shape index (κ3) is 7.85. The molecule has 3 N–H and O–H groups in total. The number of imidazole rings is 1. The van der Waals surface area contributed by atoms with Gasteiger partial charge in [0.1, 0.15) is 23.7 Å². The largest absolute Gasteiger partial charge is 0.464 e. The second kappa shape index (κ2) is 13.0. The van der Waals surface area contributed by atoms with Crippen LogP contribution in [-0.4, -0.2) is 61.8 Å². The van der Waals surface area contributed by atoms with Crippen molar-refractivity contribution in [1.29, 1.82) is 0 Å². The first-order valence-corrected chi connectivity index (χ1v) is 15.1. The van der Waals surface area contributed by atoms with Crippen LogP contribution in [0.15, 0.2) is 36.9 Å². The van der Waals surface area contributed by atoms with E-state index in [2.05, 4.69) is 46.0 Å². The van der Waals surface area contributed by atoms with Gasteiger partial charge in [0.2, 0.25) is 7.44 Å². The van der Waals surface area contributed by atoms with E-state index < -0.39 is 19.0 Å². The molecule has 39 heavy (non-hydrogen) atoms. The molecule has 11 nitrogen and oxygen atoms in total. The Kier molecular flexibility index (Phi) is 10.2. The number of anilines is 1. The molecule has 0 aliphatic carbocycles. The number of rotatable bonds is 14. The van der Waals surface area contributed by atoms with Gasteiger partial charge >= 0.3 is 5.97 Å². The molecule has 1 aromatic carbocycles. The van der Waals surface area contributed by atoms with E-state index in [-0.39, 0.29) is 12.5 Å². The molecule has 0 aliphatic rings. The van der Waals surface area contributed by atoms with Crippen molar-refractivity contribution < 1.29 is 18.8 Å². The van der Waals surface area contributed by atoms with Gasteiger partial charge in [0.15, 0.2) is 11.5 Å². The van der Waals surface area contributed by atoms with Gasteiger partial charge in [-0.3, -0.25) is 9.36 Å². The van der Waals surface area contributed by atoms with Gasteiger partial charge in [-0.05, 0) is 51.3 Å². The second-order valence-corrected chi connectivity index (χ2v) is 13.3. The van der Waals surface area contributed by atoms with E-state index in [1.54, 1.807) is 31.9 Å². The van der Waals surface area contributed by atoms with Crippen LogP contribution < -0.4 is 10.8 Å². The molecule has 3 aromatic rings. The molecular formula is C27H42N7O4P. The van der Waals surface area contributed by atoms with E-state index in [4.69, 9.17) is 15.2 Å². The van der Waals surface area contributed by atoms with Gasteiger partial charge in [-0.2, -0.15) is 0 Å². The molecule has 3 rings (SSSR count). The summed E-state index contributed by atoms with van der Waals surface area (Å²) >= 11 is 0. The van der Waals surface area contributed by atoms with E-state index >= 15 is 0 Å². The number of nitrogens with one attached hydrogen (secondary N) is 1. The third-order valence-corrected chi connectivity index (χ3v) is 9.08. The molecule has 0 bridgehead atoms. The molecule has 0 amide bonds. The Hall–Kier alpha value is -2.85. The standard InChI is InChI=1S/C27H42N7O4P/c1-8-13-37-26(35)27(5,6)32-39(36,33(7)15-21-9-11-22(12-10-21)19(2)3)18-38-20(4)14-34-17-31-23-24(28)29-16-30-25(23)34/h9-12,16-17,19-20H,8,13-15,18H2,1-7H3,(H,32,36)(H2,28,29,30)/t20-,39?/m0/s1. The summed E-state index contributed by atoms with van der Waals surface area (Å²) in [4.78, 5) is 25.3. The number of nitrogen functional groups attached to an aromatic ring is 1. The van der Waals surface area contributed by atoms with Crippen molar-refractivity contribution in [2.24, 2.45) is 0 Å². The molecule has 2 heterocycles. The number of benzene rings is 1. The molecule has 0 saturated carbocycles. The van der Waals surface area contributed by atoms with Crippen LogP contribution in [0.4, 0.5) is 5.82 Å². The molecule has 0 saturated heterocycles. The minimum Gasteiger partial charge on any atom is -0.464 e. The zero-order valence-corrected chi connectivity index (χ0v) is 24.9. The van der Waals surface area contributed by atoms with Crippen molar-refractivity contribution in [3.8, 4) is 0 Å². The number of carbonyl (C=O) groups excluding carboxylic acids is 1. The number of carbonyl (C=O) groups is 1. The molecule has 214 valence electrons. The van der Waals surface area contributed by atoms with Crippen molar-refractivity contribution in [3.05, 3.63) is 48.0 Å². The predicted molar refractivity (Wildman–Crippen MR) is 153 cm³/mol. The number of esters is 1. The molecule has 2 aromatic heterocycles. The Balaban J connectivity index is 1.78. The van der Waals surface area contributed by atoms with Crippen molar-refractivity contribution >= 4 is 30.4 Å². The number of ether oxygens (including phenoxy) is 2. The van der Waals surface area contributed by atoms with Crippen LogP contribution in [0.5, 0.6) is 0 Å². The summed E-state index contributed by atoms with van der Waals surface area (Å²) in [6, 6.07) is 8.25. The quantitative estimate of drug-likeness (QED) is 0.214. The predicted octanol–water partition coefficient (Wildman–Crippen LogP) is 4.54. The Bertz CT molecular complexity index is 1290. The van der Waals surface area contributed by atoms with Crippen LogP contribution in [0.2, 0.25) is 0 Å². The Morgan fingerprint density at radius 1 is 1.18 bits per heavy atom. The number of nitrogens with zero attached hydrogens (tertiary/aromatic N) is 5. The van der Waals surface area contributed by atoms with Crippen LogP contribution in [0.3, 0.4) is 0 Å². The highest BCUT2D eigenvalue weighted by Gasteiger charge is 2.40. The Morgan fingerprint density at radius 3 is 2.51 bits per heavy atom. The number of nitrogens with two attached hydrogens (primary N) is 1. The number of aromatic nitrogens is 4. The molecule has 1 unspecified atom stereocenters. The maximum Gasteiger partial charge on any atom is 0.326 e. The first-order valence-electron chi connectivity index (χ1n) is 13.3. The minimum absolute atomic E-state index is 0.122. The normalized spacial score (nSPS) is 14.6. The Labute approximate surface area is 231 Å². The van der Waals surface area contributed by atoms with Crippen molar-refractivity contribution in [2.75, 3.05) is 25.7 Å². The zero-order chi connectivity index (χ0) is 28.8. The lowest BCUT2D eigenvalue weighted by atomic mass is 10.0. The molecule has 0 spiro atoms. The summed E-state index contributed by atoms with van der Waals surface area (Å²) in [6.45, 7) is 12.6. The summed E-state index contributed by atoms with van der Waals surface area (Å²) in [5, 5.41) is 3.11. The zero-order valence-electron chi connectivity index (χ0n) is 24.0. The average molecular weight is 560 g/mol. The van der Waals surface area contributed by atoms with Gasteiger partial charge in [-0.15, -0.1) is 0 Å². The lowest BCUT2D eigenvalue weighted by Crippen LogP contribution is -2.48. The van der Waals surface area contributed by atoms with Crippen molar-refractivity contribution in [1.82, 2.24) is 29.3 Å². The summed E-state index contributed by atoms with van der Waals surface area (Å²) in [5.41, 5.74) is 8.07. The highest BCUT2D eigenvalue weighted by molar-refractivity contribution is 7.59. The molecule has 0 radical (unpaired) electrons. The minimum atomic E-state index is -3.42.